The van der Waals surface area contributed by atoms with Gasteiger partial charge >= 0.3 is 0 Å². The molecule has 1 aliphatic rings. The van der Waals surface area contributed by atoms with Crippen molar-refractivity contribution < 1.29 is 14.3 Å². The maximum atomic E-state index is 11.9. The molecular weight excluding hydrogens is 302 g/mol. The normalized spacial score (nSPS) is 16.0. The fourth-order valence-electron chi connectivity index (χ4n) is 3.12. The van der Waals surface area contributed by atoms with E-state index in [1.54, 1.807) is 26.1 Å². The topological polar surface area (TPSA) is 38.8 Å². The minimum absolute atomic E-state index is 0.0311. The molecule has 0 aliphatic carbocycles. The Hall–Kier alpha value is -2.49. The first-order valence-corrected chi connectivity index (χ1v) is 8.17. The van der Waals surface area contributed by atoms with Crippen molar-refractivity contribution >= 4 is 5.91 Å². The standard InChI is InChI=1S/C20H23NO3/c1-21(2)20(22)16-9-7-14(8-10-16)11-15-12-17-5-4-6-18(23-3)19(17)24-13-15/h4-10,15H,11-13H2,1-3H3/t15-/m1/s1. The highest BCUT2D eigenvalue weighted by molar-refractivity contribution is 5.93. The van der Waals surface area contributed by atoms with Crippen LogP contribution in [0.5, 0.6) is 11.5 Å². The molecule has 1 heterocycles. The number of nitrogens with zero attached hydrogens (tertiary/aromatic N) is 1. The third-order valence-corrected chi connectivity index (χ3v) is 4.38. The molecule has 2 aromatic carbocycles. The number of rotatable bonds is 4. The fourth-order valence-corrected chi connectivity index (χ4v) is 3.12. The van der Waals surface area contributed by atoms with Crippen LogP contribution in [0.1, 0.15) is 21.5 Å². The van der Waals surface area contributed by atoms with Gasteiger partial charge in [-0.2, -0.15) is 0 Å². The Morgan fingerprint density at radius 2 is 1.96 bits per heavy atom. The summed E-state index contributed by atoms with van der Waals surface area (Å²) in [5.74, 6) is 2.14. The van der Waals surface area contributed by atoms with E-state index in [1.165, 1.54) is 11.1 Å². The van der Waals surface area contributed by atoms with Gasteiger partial charge in [0.25, 0.3) is 5.91 Å². The molecule has 0 radical (unpaired) electrons. The number of amides is 1. The van der Waals surface area contributed by atoms with Crippen molar-refractivity contribution in [3.8, 4) is 11.5 Å². The highest BCUT2D eigenvalue weighted by atomic mass is 16.5. The molecule has 126 valence electrons. The van der Waals surface area contributed by atoms with Gasteiger partial charge in [0.05, 0.1) is 13.7 Å². The van der Waals surface area contributed by atoms with Crippen molar-refractivity contribution in [2.24, 2.45) is 5.92 Å². The van der Waals surface area contributed by atoms with Gasteiger partial charge in [0.1, 0.15) is 0 Å². The summed E-state index contributed by atoms with van der Waals surface area (Å²) in [6.45, 7) is 0.686. The lowest BCUT2D eigenvalue weighted by Crippen LogP contribution is -2.23. The summed E-state index contributed by atoms with van der Waals surface area (Å²) in [7, 11) is 5.20. The van der Waals surface area contributed by atoms with Crippen molar-refractivity contribution in [1.82, 2.24) is 4.90 Å². The van der Waals surface area contributed by atoms with Crippen LogP contribution in [0, 0.1) is 5.92 Å². The first kappa shape index (κ1) is 16.4. The minimum atomic E-state index is 0.0311. The lowest BCUT2D eigenvalue weighted by molar-refractivity contribution is 0.0827. The van der Waals surface area contributed by atoms with Crippen molar-refractivity contribution in [3.05, 3.63) is 59.2 Å². The minimum Gasteiger partial charge on any atom is -0.493 e. The zero-order chi connectivity index (χ0) is 17.1. The molecule has 0 saturated heterocycles. The van der Waals surface area contributed by atoms with E-state index >= 15 is 0 Å². The van der Waals surface area contributed by atoms with Crippen molar-refractivity contribution in [1.29, 1.82) is 0 Å². The summed E-state index contributed by atoms with van der Waals surface area (Å²) in [5.41, 5.74) is 3.15. The number of fused-ring (bicyclic) bond motifs is 1. The Bertz CT molecular complexity index is 722. The van der Waals surface area contributed by atoms with Gasteiger partial charge < -0.3 is 14.4 Å². The molecule has 0 spiro atoms. The Labute approximate surface area is 143 Å². The van der Waals surface area contributed by atoms with Crippen molar-refractivity contribution in [2.45, 2.75) is 12.8 Å². The lowest BCUT2D eigenvalue weighted by Gasteiger charge is -2.26. The summed E-state index contributed by atoms with van der Waals surface area (Å²) >= 11 is 0. The van der Waals surface area contributed by atoms with E-state index in [9.17, 15) is 4.79 Å². The number of carbonyl (C=O) groups excluding carboxylic acids is 1. The number of methoxy groups -OCH3 is 1. The number of para-hydroxylation sites is 1. The molecule has 2 aromatic rings. The monoisotopic (exact) mass is 325 g/mol. The van der Waals surface area contributed by atoms with Crippen LogP contribution < -0.4 is 9.47 Å². The summed E-state index contributed by atoms with van der Waals surface area (Å²) in [4.78, 5) is 13.5. The Kier molecular flexibility index (Phi) is 4.74. The molecule has 3 rings (SSSR count). The second-order valence-electron chi connectivity index (χ2n) is 6.43. The molecule has 24 heavy (non-hydrogen) atoms. The third kappa shape index (κ3) is 3.37. The maximum absolute atomic E-state index is 11.9. The quantitative estimate of drug-likeness (QED) is 0.866. The molecule has 0 N–H and O–H groups in total. The van der Waals surface area contributed by atoms with Gasteiger partial charge in [0.15, 0.2) is 11.5 Å². The molecule has 1 aliphatic heterocycles. The molecular formula is C20H23NO3. The van der Waals surface area contributed by atoms with Gasteiger partial charge in [-0.3, -0.25) is 4.79 Å². The van der Waals surface area contributed by atoms with E-state index in [4.69, 9.17) is 9.47 Å². The molecule has 1 amide bonds. The molecule has 4 heteroatoms. The fraction of sp³-hybridized carbons (Fsp3) is 0.350. The van der Waals surface area contributed by atoms with Gasteiger partial charge in [-0.15, -0.1) is 0 Å². The number of hydrogen-bond donors (Lipinski definition) is 0. The predicted molar refractivity (Wildman–Crippen MR) is 93.8 cm³/mol. The van der Waals surface area contributed by atoms with E-state index in [1.807, 2.05) is 36.4 Å². The van der Waals surface area contributed by atoms with Crippen LogP contribution in [0.4, 0.5) is 0 Å². The van der Waals surface area contributed by atoms with E-state index in [0.717, 1.165) is 29.9 Å². The van der Waals surface area contributed by atoms with Gasteiger partial charge in [0, 0.05) is 25.6 Å². The number of carbonyl (C=O) groups is 1. The summed E-state index contributed by atoms with van der Waals surface area (Å²) in [6.07, 6.45) is 1.91. The third-order valence-electron chi connectivity index (χ3n) is 4.38. The Morgan fingerprint density at radius 3 is 2.62 bits per heavy atom. The van der Waals surface area contributed by atoms with Crippen LogP contribution in [0.15, 0.2) is 42.5 Å². The van der Waals surface area contributed by atoms with Gasteiger partial charge in [-0.1, -0.05) is 24.3 Å². The zero-order valence-corrected chi connectivity index (χ0v) is 14.4. The van der Waals surface area contributed by atoms with E-state index < -0.39 is 0 Å². The molecule has 0 aromatic heterocycles. The number of hydrogen-bond acceptors (Lipinski definition) is 3. The van der Waals surface area contributed by atoms with Gasteiger partial charge in [-0.05, 0) is 42.2 Å². The van der Waals surface area contributed by atoms with Crippen molar-refractivity contribution in [3.63, 3.8) is 0 Å². The SMILES string of the molecule is COc1cccc2c1OC[C@H](Cc1ccc(C(=O)N(C)C)cc1)C2. The van der Waals surface area contributed by atoms with Crippen molar-refractivity contribution in [2.75, 3.05) is 27.8 Å². The highest BCUT2D eigenvalue weighted by Gasteiger charge is 2.23. The second kappa shape index (κ2) is 6.95. The Balaban J connectivity index is 1.68. The van der Waals surface area contributed by atoms with Crippen LogP contribution in [0.3, 0.4) is 0 Å². The average Bonchev–Trinajstić information content (AvgIpc) is 2.61. The predicted octanol–water partition coefficient (Wildman–Crippen LogP) is 3.19. The van der Waals surface area contributed by atoms with Gasteiger partial charge in [0.2, 0.25) is 0 Å². The molecule has 0 bridgehead atoms. The molecule has 1 atom stereocenters. The molecule has 0 fully saturated rings. The highest BCUT2D eigenvalue weighted by Crippen LogP contribution is 2.36. The number of ether oxygens (including phenoxy) is 2. The average molecular weight is 325 g/mol. The Morgan fingerprint density at radius 1 is 1.21 bits per heavy atom. The molecule has 0 saturated carbocycles. The van der Waals surface area contributed by atoms with E-state index in [-0.39, 0.29) is 5.91 Å². The van der Waals surface area contributed by atoms with Crippen LogP contribution in [0.2, 0.25) is 0 Å². The van der Waals surface area contributed by atoms with E-state index in [0.29, 0.717) is 12.5 Å². The van der Waals surface area contributed by atoms with Gasteiger partial charge in [-0.25, -0.2) is 0 Å². The van der Waals surface area contributed by atoms with Crippen LogP contribution >= 0.6 is 0 Å². The summed E-state index contributed by atoms with van der Waals surface area (Å²) in [5, 5.41) is 0. The second-order valence-corrected chi connectivity index (χ2v) is 6.43. The van der Waals surface area contributed by atoms with Crippen LogP contribution in [-0.4, -0.2) is 38.6 Å². The van der Waals surface area contributed by atoms with Crippen LogP contribution in [-0.2, 0) is 12.8 Å². The maximum Gasteiger partial charge on any atom is 0.253 e. The zero-order valence-electron chi connectivity index (χ0n) is 14.4. The molecule has 4 nitrogen and oxygen atoms in total. The number of benzene rings is 2. The van der Waals surface area contributed by atoms with Crippen LogP contribution in [0.25, 0.3) is 0 Å². The van der Waals surface area contributed by atoms with E-state index in [2.05, 4.69) is 6.07 Å². The first-order valence-electron chi connectivity index (χ1n) is 8.17. The summed E-state index contributed by atoms with van der Waals surface area (Å²) in [6, 6.07) is 13.9. The largest absolute Gasteiger partial charge is 0.493 e. The summed E-state index contributed by atoms with van der Waals surface area (Å²) < 4.78 is 11.3. The molecule has 0 unspecified atom stereocenters. The first-order chi connectivity index (χ1) is 11.6. The lowest BCUT2D eigenvalue weighted by atomic mass is 9.90. The smallest absolute Gasteiger partial charge is 0.253 e.